The van der Waals surface area contributed by atoms with Gasteiger partial charge >= 0.3 is 0 Å². The first-order chi connectivity index (χ1) is 11.6. The Labute approximate surface area is 148 Å². The summed E-state index contributed by atoms with van der Waals surface area (Å²) in [6, 6.07) is 3.96. The van der Waals surface area contributed by atoms with Gasteiger partial charge in [-0.25, -0.2) is 0 Å². The summed E-state index contributed by atoms with van der Waals surface area (Å²) in [6.07, 6.45) is 2.74. The number of quaternary nitrogens is 1. The summed E-state index contributed by atoms with van der Waals surface area (Å²) in [5, 5.41) is 16.8. The molecule has 1 aromatic rings. The second-order valence-corrected chi connectivity index (χ2v) is 6.24. The lowest BCUT2D eigenvalue weighted by atomic mass is 10.3. The third-order valence-electron chi connectivity index (χ3n) is 4.25. The Balaban J connectivity index is 1.66. The molecule has 1 aliphatic rings. The highest BCUT2D eigenvalue weighted by Crippen LogP contribution is 2.10. The average molecular weight is 349 g/mol. The zero-order valence-corrected chi connectivity index (χ0v) is 15.1. The minimum atomic E-state index is 0.511. The van der Waals surface area contributed by atoms with Gasteiger partial charge in [0.25, 0.3) is 0 Å². The highest BCUT2D eigenvalue weighted by Gasteiger charge is 2.12. The Hall–Kier alpha value is -1.95. The number of nitrogens with one attached hydrogen (secondary N) is 3. The number of nitrogens with zero attached hydrogens (tertiary/aromatic N) is 3. The Morgan fingerprint density at radius 1 is 1.54 bits per heavy atom. The van der Waals surface area contributed by atoms with Crippen molar-refractivity contribution in [2.75, 3.05) is 39.4 Å². The number of hydrogen-bond donors (Lipinski definition) is 3. The van der Waals surface area contributed by atoms with Crippen molar-refractivity contribution in [2.24, 2.45) is 12.1 Å². The average Bonchev–Trinajstić information content (AvgIpc) is 2.87. The summed E-state index contributed by atoms with van der Waals surface area (Å²) in [5.74, 6) is 0. The van der Waals surface area contributed by atoms with E-state index in [-0.39, 0.29) is 0 Å². The smallest absolute Gasteiger partial charge is 0.186 e. The SMILES string of the molecule is Cc1c(/C=N\NC(=S)NCCC[NH+]2CCOCC2)cc(C#N)n1C. The van der Waals surface area contributed by atoms with Gasteiger partial charge in [-0.2, -0.15) is 10.4 Å². The Kier molecular flexibility index (Phi) is 7.18. The van der Waals surface area contributed by atoms with Crippen LogP contribution in [0.4, 0.5) is 0 Å². The lowest BCUT2D eigenvalue weighted by Crippen LogP contribution is -3.14. The minimum Gasteiger partial charge on any atom is -0.370 e. The molecular formula is C16H25N6OS+. The normalized spacial score (nSPS) is 15.4. The third-order valence-corrected chi connectivity index (χ3v) is 4.49. The molecule has 3 N–H and O–H groups in total. The summed E-state index contributed by atoms with van der Waals surface area (Å²) in [7, 11) is 1.86. The Bertz CT molecular complexity index is 627. The van der Waals surface area contributed by atoms with Crippen LogP contribution >= 0.6 is 12.2 Å². The number of morpholine rings is 1. The van der Waals surface area contributed by atoms with Crippen LogP contribution in [0.15, 0.2) is 11.2 Å². The van der Waals surface area contributed by atoms with E-state index < -0.39 is 0 Å². The highest BCUT2D eigenvalue weighted by molar-refractivity contribution is 7.80. The molecule has 1 saturated heterocycles. The van der Waals surface area contributed by atoms with Crippen LogP contribution in [-0.2, 0) is 11.8 Å². The largest absolute Gasteiger partial charge is 0.370 e. The van der Waals surface area contributed by atoms with E-state index in [9.17, 15) is 0 Å². The van der Waals surface area contributed by atoms with Gasteiger partial charge < -0.3 is 19.5 Å². The monoisotopic (exact) mass is 349 g/mol. The molecule has 0 spiro atoms. The maximum absolute atomic E-state index is 9.01. The van der Waals surface area contributed by atoms with E-state index in [1.807, 2.05) is 24.6 Å². The van der Waals surface area contributed by atoms with E-state index in [1.165, 1.54) is 0 Å². The fourth-order valence-corrected chi connectivity index (χ4v) is 2.77. The maximum Gasteiger partial charge on any atom is 0.186 e. The van der Waals surface area contributed by atoms with Gasteiger partial charge in [0, 0.05) is 31.3 Å². The summed E-state index contributed by atoms with van der Waals surface area (Å²) in [6.45, 7) is 7.82. The molecule has 0 unspecified atom stereocenters. The number of hydrazone groups is 1. The van der Waals surface area contributed by atoms with Crippen molar-refractivity contribution in [3.63, 3.8) is 0 Å². The van der Waals surface area contributed by atoms with Gasteiger partial charge in [0.1, 0.15) is 24.9 Å². The van der Waals surface area contributed by atoms with E-state index >= 15 is 0 Å². The summed E-state index contributed by atoms with van der Waals surface area (Å²) < 4.78 is 7.19. The van der Waals surface area contributed by atoms with Crippen LogP contribution in [-0.4, -0.2) is 55.3 Å². The predicted molar refractivity (Wildman–Crippen MR) is 97.2 cm³/mol. The van der Waals surface area contributed by atoms with Crippen LogP contribution in [0.3, 0.4) is 0 Å². The van der Waals surface area contributed by atoms with Crippen LogP contribution in [0.5, 0.6) is 0 Å². The number of thiocarbonyl (C=S) groups is 1. The van der Waals surface area contributed by atoms with Crippen LogP contribution in [0.1, 0.15) is 23.4 Å². The van der Waals surface area contributed by atoms with Crippen molar-refractivity contribution in [1.29, 1.82) is 5.26 Å². The van der Waals surface area contributed by atoms with E-state index in [1.54, 1.807) is 11.1 Å². The topological polar surface area (TPSA) is 78.8 Å². The minimum absolute atomic E-state index is 0.511. The second-order valence-electron chi connectivity index (χ2n) is 5.83. The molecule has 0 aromatic carbocycles. The van der Waals surface area contributed by atoms with Crippen LogP contribution in [0, 0.1) is 18.3 Å². The fraction of sp³-hybridized carbons (Fsp3) is 0.562. The number of nitriles is 1. The van der Waals surface area contributed by atoms with Crippen LogP contribution < -0.4 is 15.6 Å². The molecule has 0 aliphatic carbocycles. The Morgan fingerprint density at radius 2 is 2.29 bits per heavy atom. The highest BCUT2D eigenvalue weighted by atomic mass is 32.1. The van der Waals surface area contributed by atoms with Crippen molar-refractivity contribution < 1.29 is 9.64 Å². The summed E-state index contributed by atoms with van der Waals surface area (Å²) >= 11 is 5.21. The molecule has 0 saturated carbocycles. The first kappa shape index (κ1) is 18.4. The number of rotatable bonds is 6. The van der Waals surface area contributed by atoms with Gasteiger partial charge in [0.05, 0.1) is 26.0 Å². The number of ether oxygens (including phenoxy) is 1. The quantitative estimate of drug-likeness (QED) is 0.274. The van der Waals surface area contributed by atoms with Gasteiger partial charge in [-0.3, -0.25) is 5.43 Å². The molecule has 1 fully saturated rings. The molecule has 1 aromatic heterocycles. The second kappa shape index (κ2) is 9.37. The van der Waals surface area contributed by atoms with E-state index in [0.717, 1.165) is 57.1 Å². The fourth-order valence-electron chi connectivity index (χ4n) is 2.61. The van der Waals surface area contributed by atoms with Crippen molar-refractivity contribution in [3.8, 4) is 6.07 Å². The molecule has 2 heterocycles. The van der Waals surface area contributed by atoms with Crippen molar-refractivity contribution in [1.82, 2.24) is 15.3 Å². The molecule has 2 rings (SSSR count). The lowest BCUT2D eigenvalue weighted by molar-refractivity contribution is -0.908. The number of aromatic nitrogens is 1. The molecule has 130 valence electrons. The molecule has 0 bridgehead atoms. The zero-order chi connectivity index (χ0) is 17.4. The molecule has 8 heteroatoms. The summed E-state index contributed by atoms with van der Waals surface area (Å²) in [4.78, 5) is 1.59. The predicted octanol–water partition coefficient (Wildman–Crippen LogP) is -0.692. The molecule has 7 nitrogen and oxygen atoms in total. The van der Waals surface area contributed by atoms with E-state index in [4.69, 9.17) is 22.2 Å². The molecular weight excluding hydrogens is 324 g/mol. The zero-order valence-electron chi connectivity index (χ0n) is 14.3. The van der Waals surface area contributed by atoms with Crippen LogP contribution in [0.25, 0.3) is 0 Å². The van der Waals surface area contributed by atoms with E-state index in [2.05, 4.69) is 21.9 Å². The third kappa shape index (κ3) is 5.30. The van der Waals surface area contributed by atoms with Gasteiger partial charge in [-0.15, -0.1) is 0 Å². The van der Waals surface area contributed by atoms with Gasteiger partial charge in [0.15, 0.2) is 5.11 Å². The lowest BCUT2D eigenvalue weighted by Gasteiger charge is -2.23. The van der Waals surface area contributed by atoms with Crippen molar-refractivity contribution in [3.05, 3.63) is 23.0 Å². The summed E-state index contributed by atoms with van der Waals surface area (Å²) in [5.41, 5.74) is 5.32. The van der Waals surface area contributed by atoms with Gasteiger partial charge in [-0.05, 0) is 25.2 Å². The van der Waals surface area contributed by atoms with Crippen molar-refractivity contribution >= 4 is 23.5 Å². The molecule has 0 radical (unpaired) electrons. The standard InChI is InChI=1S/C16H24N6OS/c1-13-14(10-15(11-17)21(13)2)12-19-20-16(24)18-4-3-5-22-6-8-23-9-7-22/h10,12H,3-9H2,1-2H3,(H2,18,20,24)/p+1/b19-12-. The molecule has 24 heavy (non-hydrogen) atoms. The van der Waals surface area contributed by atoms with Crippen LogP contribution in [0.2, 0.25) is 0 Å². The van der Waals surface area contributed by atoms with Gasteiger partial charge in [0.2, 0.25) is 0 Å². The molecule has 0 amide bonds. The molecule has 1 aliphatic heterocycles. The number of hydrogen-bond acceptors (Lipinski definition) is 4. The molecule has 0 atom stereocenters. The van der Waals surface area contributed by atoms with E-state index in [0.29, 0.717) is 10.8 Å². The first-order valence-corrected chi connectivity index (χ1v) is 8.57. The Morgan fingerprint density at radius 3 is 2.96 bits per heavy atom. The van der Waals surface area contributed by atoms with Crippen molar-refractivity contribution in [2.45, 2.75) is 13.3 Å². The first-order valence-electron chi connectivity index (χ1n) is 8.16. The maximum atomic E-state index is 9.01. The van der Waals surface area contributed by atoms with Gasteiger partial charge in [-0.1, -0.05) is 0 Å².